The maximum Gasteiger partial charge on any atom is 0.124 e. The smallest absolute Gasteiger partial charge is 0.124 e. The monoisotopic (exact) mass is 276 g/mol. The van der Waals surface area contributed by atoms with Crippen LogP contribution in [0.5, 0.6) is 5.75 Å². The van der Waals surface area contributed by atoms with Crippen LogP contribution in [0.25, 0.3) is 0 Å². The third-order valence-electron chi connectivity index (χ3n) is 5.44. The average Bonchev–Trinajstić information content (AvgIpc) is 2.47. The van der Waals surface area contributed by atoms with E-state index in [4.69, 9.17) is 4.74 Å². The standard InChI is InChI=1S/C18H28O2/c1-5-17(2,3)14-10-12-18(19,13-11-14)15-8-6-7-9-16(15)20-4/h6-9,14,19H,5,10-13H2,1-4H3. The lowest BCUT2D eigenvalue weighted by Crippen LogP contribution is -2.36. The molecule has 0 atom stereocenters. The number of aliphatic hydroxyl groups is 1. The lowest BCUT2D eigenvalue weighted by molar-refractivity contribution is -0.0342. The number of hydrogen-bond acceptors (Lipinski definition) is 2. The van der Waals surface area contributed by atoms with E-state index in [-0.39, 0.29) is 0 Å². The largest absolute Gasteiger partial charge is 0.496 e. The van der Waals surface area contributed by atoms with Crippen molar-refractivity contribution in [1.29, 1.82) is 0 Å². The predicted molar refractivity (Wildman–Crippen MR) is 82.9 cm³/mol. The highest BCUT2D eigenvalue weighted by atomic mass is 16.5. The molecule has 1 aromatic rings. The molecule has 0 saturated heterocycles. The maximum atomic E-state index is 11.0. The Labute approximate surface area is 123 Å². The Hall–Kier alpha value is -1.02. The van der Waals surface area contributed by atoms with Gasteiger partial charge in [0.05, 0.1) is 12.7 Å². The molecule has 20 heavy (non-hydrogen) atoms. The van der Waals surface area contributed by atoms with Crippen molar-refractivity contribution in [3.8, 4) is 5.75 Å². The van der Waals surface area contributed by atoms with Crippen molar-refractivity contribution in [3.63, 3.8) is 0 Å². The van der Waals surface area contributed by atoms with E-state index in [0.717, 1.165) is 37.0 Å². The van der Waals surface area contributed by atoms with Gasteiger partial charge in [-0.1, -0.05) is 45.4 Å². The van der Waals surface area contributed by atoms with E-state index in [0.29, 0.717) is 11.3 Å². The Morgan fingerprint density at radius 1 is 1.25 bits per heavy atom. The Balaban J connectivity index is 2.16. The minimum Gasteiger partial charge on any atom is -0.496 e. The topological polar surface area (TPSA) is 29.5 Å². The van der Waals surface area contributed by atoms with E-state index < -0.39 is 5.60 Å². The van der Waals surface area contributed by atoms with Gasteiger partial charge in [-0.05, 0) is 43.1 Å². The van der Waals surface area contributed by atoms with E-state index in [9.17, 15) is 5.11 Å². The van der Waals surface area contributed by atoms with Crippen molar-refractivity contribution in [2.75, 3.05) is 7.11 Å². The van der Waals surface area contributed by atoms with E-state index >= 15 is 0 Å². The Kier molecular flexibility index (Phi) is 4.43. The summed E-state index contributed by atoms with van der Waals surface area (Å²) in [5.41, 5.74) is 0.616. The van der Waals surface area contributed by atoms with E-state index in [2.05, 4.69) is 20.8 Å². The zero-order chi connectivity index (χ0) is 14.8. The van der Waals surface area contributed by atoms with Crippen molar-refractivity contribution in [3.05, 3.63) is 29.8 Å². The summed E-state index contributed by atoms with van der Waals surface area (Å²) in [5, 5.41) is 11.0. The number of benzene rings is 1. The molecule has 1 aliphatic carbocycles. The van der Waals surface area contributed by atoms with Gasteiger partial charge in [0, 0.05) is 5.56 Å². The molecule has 1 N–H and O–H groups in total. The first-order valence-electron chi connectivity index (χ1n) is 7.79. The number of rotatable bonds is 4. The van der Waals surface area contributed by atoms with Crippen LogP contribution in [0, 0.1) is 11.3 Å². The summed E-state index contributed by atoms with van der Waals surface area (Å²) in [7, 11) is 1.67. The van der Waals surface area contributed by atoms with Crippen molar-refractivity contribution in [2.24, 2.45) is 11.3 Å². The molecule has 0 amide bonds. The van der Waals surface area contributed by atoms with E-state index in [1.54, 1.807) is 7.11 Å². The molecule has 2 nitrogen and oxygen atoms in total. The predicted octanol–water partition coefficient (Wildman–Crippen LogP) is 4.51. The minimum atomic E-state index is -0.715. The molecule has 0 spiro atoms. The molecule has 1 aromatic carbocycles. The zero-order valence-corrected chi connectivity index (χ0v) is 13.3. The Morgan fingerprint density at radius 2 is 1.85 bits per heavy atom. The quantitative estimate of drug-likeness (QED) is 0.876. The third kappa shape index (κ3) is 2.85. The molecule has 0 heterocycles. The van der Waals surface area contributed by atoms with Gasteiger partial charge in [0.1, 0.15) is 5.75 Å². The van der Waals surface area contributed by atoms with Crippen LogP contribution in [0.3, 0.4) is 0 Å². The molecule has 1 saturated carbocycles. The summed E-state index contributed by atoms with van der Waals surface area (Å²) in [6.45, 7) is 6.97. The first kappa shape index (κ1) is 15.4. The van der Waals surface area contributed by atoms with Crippen molar-refractivity contribution in [2.45, 2.75) is 58.5 Å². The second kappa shape index (κ2) is 5.77. The van der Waals surface area contributed by atoms with Gasteiger partial charge in [-0.25, -0.2) is 0 Å². The lowest BCUT2D eigenvalue weighted by Gasteiger charge is -2.43. The molecule has 1 aliphatic rings. The van der Waals surface area contributed by atoms with Crippen LogP contribution in [0.1, 0.15) is 58.4 Å². The van der Waals surface area contributed by atoms with Gasteiger partial charge < -0.3 is 9.84 Å². The number of ether oxygens (including phenoxy) is 1. The van der Waals surface area contributed by atoms with Gasteiger partial charge in [0.15, 0.2) is 0 Å². The first-order valence-corrected chi connectivity index (χ1v) is 7.79. The molecule has 2 heteroatoms. The van der Waals surface area contributed by atoms with Gasteiger partial charge in [0.25, 0.3) is 0 Å². The molecule has 0 aromatic heterocycles. The number of methoxy groups -OCH3 is 1. The summed E-state index contributed by atoms with van der Waals surface area (Å²) >= 11 is 0. The zero-order valence-electron chi connectivity index (χ0n) is 13.3. The molecule has 0 unspecified atom stereocenters. The van der Waals surface area contributed by atoms with Crippen LogP contribution < -0.4 is 4.74 Å². The fourth-order valence-corrected chi connectivity index (χ4v) is 3.46. The van der Waals surface area contributed by atoms with Crippen molar-refractivity contribution >= 4 is 0 Å². The lowest BCUT2D eigenvalue weighted by atomic mass is 9.65. The molecule has 0 aliphatic heterocycles. The van der Waals surface area contributed by atoms with Crippen LogP contribution in [0.4, 0.5) is 0 Å². The fourth-order valence-electron chi connectivity index (χ4n) is 3.46. The molecule has 0 bridgehead atoms. The fraction of sp³-hybridized carbons (Fsp3) is 0.667. The van der Waals surface area contributed by atoms with Gasteiger partial charge in [-0.15, -0.1) is 0 Å². The summed E-state index contributed by atoms with van der Waals surface area (Å²) in [4.78, 5) is 0. The molecule has 0 radical (unpaired) electrons. The maximum absolute atomic E-state index is 11.0. The third-order valence-corrected chi connectivity index (χ3v) is 5.44. The van der Waals surface area contributed by atoms with Crippen LogP contribution in [-0.4, -0.2) is 12.2 Å². The van der Waals surface area contributed by atoms with Crippen LogP contribution in [0.2, 0.25) is 0 Å². The average molecular weight is 276 g/mol. The SMILES string of the molecule is CCC(C)(C)C1CCC(O)(c2ccccc2OC)CC1. The van der Waals surface area contributed by atoms with Gasteiger partial charge in [0.2, 0.25) is 0 Å². The minimum absolute atomic E-state index is 0.377. The summed E-state index contributed by atoms with van der Waals surface area (Å²) < 4.78 is 5.42. The molecular formula is C18H28O2. The molecular weight excluding hydrogens is 248 g/mol. The highest BCUT2D eigenvalue weighted by Crippen LogP contribution is 2.48. The molecule has 2 rings (SSSR count). The van der Waals surface area contributed by atoms with Crippen LogP contribution >= 0.6 is 0 Å². The second-order valence-corrected chi connectivity index (χ2v) is 6.85. The van der Waals surface area contributed by atoms with Gasteiger partial charge in [-0.3, -0.25) is 0 Å². The molecule has 112 valence electrons. The van der Waals surface area contributed by atoms with Crippen LogP contribution in [0.15, 0.2) is 24.3 Å². The second-order valence-electron chi connectivity index (χ2n) is 6.85. The van der Waals surface area contributed by atoms with E-state index in [1.165, 1.54) is 6.42 Å². The first-order chi connectivity index (χ1) is 9.43. The number of para-hydroxylation sites is 1. The van der Waals surface area contributed by atoms with Gasteiger partial charge >= 0.3 is 0 Å². The van der Waals surface area contributed by atoms with E-state index in [1.807, 2.05) is 24.3 Å². The normalized spacial score (nSPS) is 27.4. The Bertz CT molecular complexity index is 442. The summed E-state index contributed by atoms with van der Waals surface area (Å²) in [6, 6.07) is 7.88. The van der Waals surface area contributed by atoms with Crippen molar-refractivity contribution in [1.82, 2.24) is 0 Å². The van der Waals surface area contributed by atoms with Crippen LogP contribution in [-0.2, 0) is 5.60 Å². The highest BCUT2D eigenvalue weighted by Gasteiger charge is 2.40. The van der Waals surface area contributed by atoms with Crippen molar-refractivity contribution < 1.29 is 9.84 Å². The summed E-state index contributed by atoms with van der Waals surface area (Å²) in [5.74, 6) is 1.52. The highest BCUT2D eigenvalue weighted by molar-refractivity contribution is 5.38. The number of hydrogen-bond donors (Lipinski definition) is 1. The Morgan fingerprint density at radius 3 is 2.40 bits per heavy atom. The summed E-state index contributed by atoms with van der Waals surface area (Å²) in [6.07, 6.45) is 5.05. The van der Waals surface area contributed by atoms with Gasteiger partial charge in [-0.2, -0.15) is 0 Å². The molecule has 1 fully saturated rings.